The van der Waals surface area contributed by atoms with Crippen LogP contribution in [0.15, 0.2) is 0 Å². The summed E-state index contributed by atoms with van der Waals surface area (Å²) in [5, 5.41) is 0. The zero-order valence-corrected chi connectivity index (χ0v) is 12.7. The normalized spacial score (nSPS) is 11.2. The van der Waals surface area contributed by atoms with E-state index in [9.17, 15) is 0 Å². The molecule has 0 aliphatic heterocycles. The molecule has 1 heteroatoms. The van der Waals surface area contributed by atoms with Crippen LogP contribution in [0.2, 0.25) is 0 Å². The quantitative estimate of drug-likeness (QED) is 0.328. The van der Waals surface area contributed by atoms with Gasteiger partial charge in [0.15, 0.2) is 0 Å². The molecule has 0 saturated carbocycles. The van der Waals surface area contributed by atoms with Crippen molar-refractivity contribution in [1.82, 2.24) is 0 Å². The van der Waals surface area contributed by atoms with Gasteiger partial charge in [-0.25, -0.2) is 0 Å². The molecule has 0 fully saturated rings. The standard InChI is InChI=1S/C15H33S/c1-4-5-6-7-8-9-10-11-12-13-14-15-16(2)3/h4-15H2,1-3H3/q+1. The molecule has 0 unspecified atom stereocenters. The Morgan fingerprint density at radius 1 is 0.562 bits per heavy atom. The van der Waals surface area contributed by atoms with Crippen molar-refractivity contribution in [3.05, 3.63) is 0 Å². The van der Waals surface area contributed by atoms with Crippen molar-refractivity contribution in [3.8, 4) is 0 Å². The molecule has 0 radical (unpaired) electrons. The van der Waals surface area contributed by atoms with E-state index in [-0.39, 0.29) is 0 Å². The summed E-state index contributed by atoms with van der Waals surface area (Å²) in [7, 11) is 0.671. The SMILES string of the molecule is CCCCCCCCCCCCC[S+](C)C. The minimum Gasteiger partial charge on any atom is -0.0654 e. The van der Waals surface area contributed by atoms with Gasteiger partial charge in [-0.2, -0.15) is 0 Å². The predicted molar refractivity (Wildman–Crippen MR) is 80.5 cm³/mol. The Morgan fingerprint density at radius 2 is 0.938 bits per heavy atom. The summed E-state index contributed by atoms with van der Waals surface area (Å²) >= 11 is 0. The average molecular weight is 245 g/mol. The van der Waals surface area contributed by atoms with E-state index in [0.29, 0.717) is 10.9 Å². The smallest absolute Gasteiger partial charge is 0.0654 e. The maximum Gasteiger partial charge on any atom is 0.107 e. The van der Waals surface area contributed by atoms with Crippen molar-refractivity contribution < 1.29 is 0 Å². The first-order valence-electron chi connectivity index (χ1n) is 7.31. The fraction of sp³-hybridized carbons (Fsp3) is 1.00. The van der Waals surface area contributed by atoms with Crippen LogP contribution in [0.3, 0.4) is 0 Å². The van der Waals surface area contributed by atoms with Crippen LogP contribution >= 0.6 is 0 Å². The van der Waals surface area contributed by atoms with E-state index >= 15 is 0 Å². The first-order valence-corrected chi connectivity index (χ1v) is 9.52. The molecule has 0 aromatic carbocycles. The largest absolute Gasteiger partial charge is 0.107 e. The van der Waals surface area contributed by atoms with Gasteiger partial charge in [0, 0.05) is 0 Å². The van der Waals surface area contributed by atoms with Crippen LogP contribution in [0.25, 0.3) is 0 Å². The molecule has 0 heterocycles. The Labute approximate surface area is 107 Å². The molecule has 0 saturated heterocycles. The van der Waals surface area contributed by atoms with E-state index < -0.39 is 0 Å². The van der Waals surface area contributed by atoms with E-state index in [1.165, 1.54) is 76.4 Å². The first-order chi connectivity index (χ1) is 7.77. The lowest BCUT2D eigenvalue weighted by molar-refractivity contribution is 0.555. The summed E-state index contributed by atoms with van der Waals surface area (Å²) in [6.07, 6.45) is 20.8. The highest BCUT2D eigenvalue weighted by Crippen LogP contribution is 2.11. The van der Waals surface area contributed by atoms with E-state index in [1.54, 1.807) is 0 Å². The lowest BCUT2D eigenvalue weighted by Crippen LogP contribution is -2.00. The molecule has 98 valence electrons. The van der Waals surface area contributed by atoms with Crippen LogP contribution in [0.1, 0.15) is 77.6 Å². The molecule has 0 aromatic rings. The second kappa shape index (κ2) is 13.4. The Kier molecular flexibility index (Phi) is 13.7. The van der Waals surface area contributed by atoms with Gasteiger partial charge in [0.1, 0.15) is 5.75 Å². The van der Waals surface area contributed by atoms with E-state index in [1.807, 2.05) is 0 Å². The molecule has 0 bridgehead atoms. The lowest BCUT2D eigenvalue weighted by Gasteiger charge is -2.02. The zero-order chi connectivity index (χ0) is 12.1. The van der Waals surface area contributed by atoms with Crippen LogP contribution in [0, 0.1) is 0 Å². The summed E-state index contributed by atoms with van der Waals surface area (Å²) < 4.78 is 0. The minimum atomic E-state index is 0.671. The Hall–Kier alpha value is 0.350. The predicted octanol–water partition coefficient (Wildman–Crippen LogP) is 5.18. The second-order valence-electron chi connectivity index (χ2n) is 5.23. The van der Waals surface area contributed by atoms with Crippen molar-refractivity contribution in [2.45, 2.75) is 77.6 Å². The van der Waals surface area contributed by atoms with Crippen molar-refractivity contribution in [2.75, 3.05) is 18.3 Å². The molecule has 0 amide bonds. The van der Waals surface area contributed by atoms with E-state index in [2.05, 4.69) is 19.4 Å². The minimum absolute atomic E-state index is 0.671. The van der Waals surface area contributed by atoms with Gasteiger partial charge in [-0.15, -0.1) is 0 Å². The zero-order valence-electron chi connectivity index (χ0n) is 11.9. The summed E-state index contributed by atoms with van der Waals surface area (Å²) in [6, 6.07) is 0. The van der Waals surface area contributed by atoms with Gasteiger partial charge in [-0.05, 0) is 23.7 Å². The summed E-state index contributed by atoms with van der Waals surface area (Å²) in [5.41, 5.74) is 0. The monoisotopic (exact) mass is 245 g/mol. The lowest BCUT2D eigenvalue weighted by atomic mass is 10.1. The molecule has 0 aliphatic carbocycles. The molecular weight excluding hydrogens is 212 g/mol. The van der Waals surface area contributed by atoms with Gasteiger partial charge in [-0.3, -0.25) is 0 Å². The van der Waals surface area contributed by atoms with Crippen molar-refractivity contribution in [2.24, 2.45) is 0 Å². The van der Waals surface area contributed by atoms with Crippen LogP contribution in [0.5, 0.6) is 0 Å². The Morgan fingerprint density at radius 3 is 1.31 bits per heavy atom. The molecule has 0 aliphatic rings. The highest BCUT2D eigenvalue weighted by atomic mass is 32.2. The van der Waals surface area contributed by atoms with Gasteiger partial charge in [-0.1, -0.05) is 64.7 Å². The number of rotatable bonds is 12. The molecule has 16 heavy (non-hydrogen) atoms. The van der Waals surface area contributed by atoms with Gasteiger partial charge >= 0.3 is 0 Å². The van der Waals surface area contributed by atoms with Gasteiger partial charge in [0.25, 0.3) is 0 Å². The third-order valence-electron chi connectivity index (χ3n) is 3.16. The Balaban J connectivity index is 2.88. The summed E-state index contributed by atoms with van der Waals surface area (Å²) in [5.74, 6) is 1.46. The molecule has 0 nitrogen and oxygen atoms in total. The van der Waals surface area contributed by atoms with Gasteiger partial charge < -0.3 is 0 Å². The molecule has 0 aromatic heterocycles. The van der Waals surface area contributed by atoms with Crippen LogP contribution in [-0.4, -0.2) is 18.3 Å². The average Bonchev–Trinajstić information content (AvgIpc) is 2.25. The van der Waals surface area contributed by atoms with E-state index in [4.69, 9.17) is 0 Å². The third-order valence-corrected chi connectivity index (χ3v) is 4.26. The first kappa shape index (κ1) is 16.4. The maximum atomic E-state index is 2.36. The van der Waals surface area contributed by atoms with Crippen LogP contribution in [-0.2, 0) is 10.9 Å². The summed E-state index contributed by atoms with van der Waals surface area (Å²) in [4.78, 5) is 0. The molecule has 0 rings (SSSR count). The highest BCUT2D eigenvalue weighted by Gasteiger charge is 2.00. The number of hydrogen-bond donors (Lipinski definition) is 0. The topological polar surface area (TPSA) is 0 Å². The highest BCUT2D eigenvalue weighted by molar-refractivity contribution is 7.95. The van der Waals surface area contributed by atoms with Crippen molar-refractivity contribution >= 4 is 10.9 Å². The van der Waals surface area contributed by atoms with Crippen molar-refractivity contribution in [3.63, 3.8) is 0 Å². The van der Waals surface area contributed by atoms with Crippen LogP contribution in [0.4, 0.5) is 0 Å². The van der Waals surface area contributed by atoms with Crippen molar-refractivity contribution in [1.29, 1.82) is 0 Å². The van der Waals surface area contributed by atoms with E-state index in [0.717, 1.165) is 0 Å². The van der Waals surface area contributed by atoms with Gasteiger partial charge in [0.05, 0.1) is 12.5 Å². The fourth-order valence-electron chi connectivity index (χ4n) is 2.05. The third kappa shape index (κ3) is 14.4. The molecular formula is C15H33S+. The number of unbranched alkanes of at least 4 members (excludes halogenated alkanes) is 10. The van der Waals surface area contributed by atoms with Gasteiger partial charge in [0.2, 0.25) is 0 Å². The molecule has 0 spiro atoms. The fourth-order valence-corrected chi connectivity index (χ4v) is 2.84. The second-order valence-corrected chi connectivity index (χ2v) is 7.60. The summed E-state index contributed by atoms with van der Waals surface area (Å²) in [6.45, 7) is 2.29. The molecule has 0 atom stereocenters. The Bertz CT molecular complexity index is 121. The molecule has 0 N–H and O–H groups in total. The van der Waals surface area contributed by atoms with Crippen LogP contribution < -0.4 is 0 Å². The maximum absolute atomic E-state index is 2.36. The number of hydrogen-bond acceptors (Lipinski definition) is 0.